The zero-order valence-corrected chi connectivity index (χ0v) is 9.78. The molecule has 1 aromatic carbocycles. The second kappa shape index (κ2) is 5.32. The smallest absolute Gasteiger partial charge is 0.118 e. The number of nitrogens with two attached hydrogens (primary N) is 1. The minimum atomic E-state index is 0.288. The number of methoxy groups -OCH3 is 1. The van der Waals surface area contributed by atoms with E-state index in [1.54, 1.807) is 7.11 Å². The second-order valence-electron chi connectivity index (χ2n) is 4.47. The Morgan fingerprint density at radius 1 is 1.38 bits per heavy atom. The van der Waals surface area contributed by atoms with Crippen LogP contribution < -0.4 is 15.8 Å². The molecule has 0 spiro atoms. The van der Waals surface area contributed by atoms with E-state index in [0.29, 0.717) is 5.92 Å². The first kappa shape index (κ1) is 11.4. The molecule has 3 heteroatoms. The predicted octanol–water partition coefficient (Wildman–Crippen LogP) is 1.17. The van der Waals surface area contributed by atoms with Gasteiger partial charge in [0, 0.05) is 12.6 Å². The van der Waals surface area contributed by atoms with Gasteiger partial charge in [-0.05, 0) is 43.0 Å². The summed E-state index contributed by atoms with van der Waals surface area (Å²) in [6.07, 6.45) is 2.25. The summed E-state index contributed by atoms with van der Waals surface area (Å²) in [5.41, 5.74) is 7.45. The Morgan fingerprint density at radius 3 is 2.75 bits per heavy atom. The molecule has 2 atom stereocenters. The van der Waals surface area contributed by atoms with E-state index in [1.807, 2.05) is 12.1 Å². The quantitative estimate of drug-likeness (QED) is 0.804. The van der Waals surface area contributed by atoms with Crippen molar-refractivity contribution in [1.29, 1.82) is 0 Å². The van der Waals surface area contributed by atoms with Crippen molar-refractivity contribution in [3.8, 4) is 5.75 Å². The molecule has 3 nitrogen and oxygen atoms in total. The number of hydrogen-bond acceptors (Lipinski definition) is 3. The zero-order chi connectivity index (χ0) is 11.4. The first-order valence-electron chi connectivity index (χ1n) is 5.89. The number of ether oxygens (including phenoxy) is 1. The van der Waals surface area contributed by atoms with E-state index in [2.05, 4.69) is 17.4 Å². The van der Waals surface area contributed by atoms with Crippen LogP contribution in [0.2, 0.25) is 0 Å². The fourth-order valence-electron chi connectivity index (χ4n) is 2.25. The summed E-state index contributed by atoms with van der Waals surface area (Å²) in [5, 5.41) is 3.32. The Labute approximate surface area is 97.0 Å². The Bertz CT molecular complexity index is 323. The van der Waals surface area contributed by atoms with Crippen molar-refractivity contribution in [1.82, 2.24) is 5.32 Å². The first-order chi connectivity index (χ1) is 7.79. The Balaban J connectivity index is 1.96. The van der Waals surface area contributed by atoms with Crippen LogP contribution in [-0.4, -0.2) is 26.2 Å². The summed E-state index contributed by atoms with van der Waals surface area (Å²) < 4.78 is 5.15. The molecular weight excluding hydrogens is 200 g/mol. The van der Waals surface area contributed by atoms with Crippen LogP contribution in [0.5, 0.6) is 5.75 Å². The lowest BCUT2D eigenvalue weighted by Gasteiger charge is -2.29. The van der Waals surface area contributed by atoms with Gasteiger partial charge < -0.3 is 15.8 Å². The molecule has 3 N–H and O–H groups in total. The highest BCUT2D eigenvalue weighted by Gasteiger charge is 2.21. The van der Waals surface area contributed by atoms with Gasteiger partial charge in [-0.3, -0.25) is 0 Å². The molecule has 16 heavy (non-hydrogen) atoms. The fraction of sp³-hybridized carbons (Fsp3) is 0.538. The van der Waals surface area contributed by atoms with Gasteiger partial charge in [0.25, 0.3) is 0 Å². The van der Waals surface area contributed by atoms with Gasteiger partial charge in [-0.1, -0.05) is 12.1 Å². The minimum absolute atomic E-state index is 0.288. The lowest BCUT2D eigenvalue weighted by atomic mass is 9.87. The van der Waals surface area contributed by atoms with Crippen molar-refractivity contribution in [2.45, 2.75) is 18.9 Å². The summed E-state index contributed by atoms with van der Waals surface area (Å²) in [4.78, 5) is 0. The monoisotopic (exact) mass is 220 g/mol. The van der Waals surface area contributed by atoms with Gasteiger partial charge in [0.1, 0.15) is 5.75 Å². The van der Waals surface area contributed by atoms with E-state index < -0.39 is 0 Å². The molecule has 0 bridgehead atoms. The van der Waals surface area contributed by atoms with E-state index >= 15 is 0 Å². The van der Waals surface area contributed by atoms with Gasteiger partial charge in [0.05, 0.1) is 7.11 Å². The van der Waals surface area contributed by atoms with Crippen LogP contribution in [0.1, 0.15) is 12.0 Å². The predicted molar refractivity (Wildman–Crippen MR) is 65.7 cm³/mol. The zero-order valence-electron chi connectivity index (χ0n) is 9.78. The lowest BCUT2D eigenvalue weighted by molar-refractivity contribution is 0.322. The molecule has 1 fully saturated rings. The summed E-state index contributed by atoms with van der Waals surface area (Å²) in [7, 11) is 1.69. The van der Waals surface area contributed by atoms with Gasteiger partial charge in [-0.15, -0.1) is 0 Å². The molecule has 0 radical (unpaired) electrons. The average molecular weight is 220 g/mol. The van der Waals surface area contributed by atoms with Crippen molar-refractivity contribution in [2.24, 2.45) is 11.7 Å². The molecule has 1 heterocycles. The van der Waals surface area contributed by atoms with Gasteiger partial charge in [-0.25, -0.2) is 0 Å². The summed E-state index contributed by atoms with van der Waals surface area (Å²) >= 11 is 0. The van der Waals surface area contributed by atoms with Crippen LogP contribution in [0.4, 0.5) is 0 Å². The number of rotatable bonds is 3. The third kappa shape index (κ3) is 2.74. The number of piperidine rings is 1. The molecule has 2 unspecified atom stereocenters. The Hall–Kier alpha value is -1.06. The van der Waals surface area contributed by atoms with Gasteiger partial charge in [0.15, 0.2) is 0 Å². The maximum Gasteiger partial charge on any atom is 0.118 e. The van der Waals surface area contributed by atoms with E-state index in [9.17, 15) is 0 Å². The highest BCUT2D eigenvalue weighted by molar-refractivity contribution is 5.27. The van der Waals surface area contributed by atoms with Crippen molar-refractivity contribution in [3.05, 3.63) is 29.8 Å². The standard InChI is InChI=1S/C13H20N2O/c1-16-12-4-2-10(3-5-12)8-11-6-7-15-9-13(11)14/h2-5,11,13,15H,6-9,14H2,1H3. The Kier molecular flexibility index (Phi) is 3.80. The van der Waals surface area contributed by atoms with Gasteiger partial charge in [-0.2, -0.15) is 0 Å². The molecule has 0 aromatic heterocycles. The summed E-state index contributed by atoms with van der Waals surface area (Å²) in [6, 6.07) is 8.58. The molecule has 0 amide bonds. The van der Waals surface area contributed by atoms with Crippen molar-refractivity contribution in [2.75, 3.05) is 20.2 Å². The molecule has 0 aliphatic carbocycles. The van der Waals surface area contributed by atoms with E-state index in [-0.39, 0.29) is 6.04 Å². The molecule has 1 aliphatic rings. The molecular formula is C13H20N2O. The number of benzene rings is 1. The van der Waals surface area contributed by atoms with Crippen LogP contribution in [-0.2, 0) is 6.42 Å². The lowest BCUT2D eigenvalue weighted by Crippen LogP contribution is -2.46. The topological polar surface area (TPSA) is 47.3 Å². The highest BCUT2D eigenvalue weighted by atomic mass is 16.5. The summed E-state index contributed by atoms with van der Waals surface area (Å²) in [6.45, 7) is 2.04. The SMILES string of the molecule is COc1ccc(CC2CCNCC2N)cc1. The van der Waals surface area contributed by atoms with Crippen LogP contribution in [0.3, 0.4) is 0 Å². The normalized spacial score (nSPS) is 25.4. The fourth-order valence-corrected chi connectivity index (χ4v) is 2.25. The maximum absolute atomic E-state index is 6.10. The second-order valence-corrected chi connectivity index (χ2v) is 4.47. The third-order valence-electron chi connectivity index (χ3n) is 3.33. The van der Waals surface area contributed by atoms with Crippen LogP contribution >= 0.6 is 0 Å². The van der Waals surface area contributed by atoms with Crippen molar-refractivity contribution < 1.29 is 4.74 Å². The van der Waals surface area contributed by atoms with Crippen LogP contribution in [0.25, 0.3) is 0 Å². The number of hydrogen-bond donors (Lipinski definition) is 2. The van der Waals surface area contributed by atoms with Crippen molar-refractivity contribution >= 4 is 0 Å². The average Bonchev–Trinajstić information content (AvgIpc) is 2.33. The summed E-state index contributed by atoms with van der Waals surface area (Å²) in [5.74, 6) is 1.52. The molecule has 1 aliphatic heterocycles. The molecule has 0 saturated carbocycles. The molecule has 2 rings (SSSR count). The first-order valence-corrected chi connectivity index (χ1v) is 5.89. The molecule has 1 aromatic rings. The molecule has 88 valence electrons. The Morgan fingerprint density at radius 2 is 2.12 bits per heavy atom. The van der Waals surface area contributed by atoms with E-state index in [1.165, 1.54) is 12.0 Å². The van der Waals surface area contributed by atoms with E-state index in [0.717, 1.165) is 25.3 Å². The van der Waals surface area contributed by atoms with Gasteiger partial charge in [0.2, 0.25) is 0 Å². The largest absolute Gasteiger partial charge is 0.497 e. The van der Waals surface area contributed by atoms with Crippen molar-refractivity contribution in [3.63, 3.8) is 0 Å². The third-order valence-corrected chi connectivity index (χ3v) is 3.33. The van der Waals surface area contributed by atoms with Crippen LogP contribution in [0.15, 0.2) is 24.3 Å². The van der Waals surface area contributed by atoms with Gasteiger partial charge >= 0.3 is 0 Å². The molecule has 1 saturated heterocycles. The van der Waals surface area contributed by atoms with Crippen LogP contribution in [0, 0.1) is 5.92 Å². The highest BCUT2D eigenvalue weighted by Crippen LogP contribution is 2.19. The number of nitrogens with one attached hydrogen (secondary N) is 1. The maximum atomic E-state index is 6.10. The minimum Gasteiger partial charge on any atom is -0.497 e. The van der Waals surface area contributed by atoms with E-state index in [4.69, 9.17) is 10.5 Å².